The van der Waals surface area contributed by atoms with Crippen molar-refractivity contribution in [2.24, 2.45) is 0 Å². The molecule has 1 fully saturated rings. The van der Waals surface area contributed by atoms with Crippen LogP contribution in [0.4, 0.5) is 5.95 Å². The van der Waals surface area contributed by atoms with Gasteiger partial charge in [-0.25, -0.2) is 15.0 Å². The first-order valence-corrected chi connectivity index (χ1v) is 7.65. The summed E-state index contributed by atoms with van der Waals surface area (Å²) in [5.74, 6) is 2.03. The van der Waals surface area contributed by atoms with Gasteiger partial charge in [0.2, 0.25) is 5.95 Å². The van der Waals surface area contributed by atoms with Gasteiger partial charge in [0.1, 0.15) is 0 Å². The first-order valence-electron chi connectivity index (χ1n) is 7.65. The first kappa shape index (κ1) is 15.0. The average Bonchev–Trinajstić information content (AvgIpc) is 2.97. The summed E-state index contributed by atoms with van der Waals surface area (Å²) in [5, 5.41) is 9.73. The number of aliphatic hydroxyl groups excluding tert-OH is 1. The van der Waals surface area contributed by atoms with Gasteiger partial charge in [-0.2, -0.15) is 0 Å². The Morgan fingerprint density at radius 1 is 1.18 bits per heavy atom. The van der Waals surface area contributed by atoms with Crippen molar-refractivity contribution in [3.8, 4) is 11.3 Å². The Morgan fingerprint density at radius 2 is 1.91 bits per heavy atom. The Morgan fingerprint density at radius 3 is 2.50 bits per heavy atom. The third kappa shape index (κ3) is 3.11. The lowest BCUT2D eigenvalue weighted by Gasteiger charge is -2.29. The Bertz CT molecular complexity index is 630. The van der Waals surface area contributed by atoms with Gasteiger partial charge < -0.3 is 14.4 Å². The molecule has 2 aromatic heterocycles. The zero-order valence-electron chi connectivity index (χ0n) is 13.3. The molecular weight excluding hydrogens is 280 g/mol. The van der Waals surface area contributed by atoms with E-state index >= 15 is 0 Å². The van der Waals surface area contributed by atoms with Gasteiger partial charge >= 0.3 is 0 Å². The second kappa shape index (κ2) is 5.68. The van der Waals surface area contributed by atoms with Crippen LogP contribution in [0, 0.1) is 0 Å². The third-order valence-corrected chi connectivity index (χ3v) is 3.75. The van der Waals surface area contributed by atoms with Crippen LogP contribution in [0.25, 0.3) is 11.3 Å². The molecule has 0 radical (unpaired) electrons. The van der Waals surface area contributed by atoms with Gasteiger partial charge in [-0.05, 0) is 12.8 Å². The highest BCUT2D eigenvalue weighted by Crippen LogP contribution is 2.27. The van der Waals surface area contributed by atoms with Crippen molar-refractivity contribution in [3.63, 3.8) is 0 Å². The summed E-state index contributed by atoms with van der Waals surface area (Å²) in [6, 6.07) is 0. The molecule has 1 atom stereocenters. The average molecular weight is 302 g/mol. The molecule has 118 valence electrons. The van der Waals surface area contributed by atoms with Crippen molar-refractivity contribution in [1.82, 2.24) is 15.0 Å². The fourth-order valence-electron chi connectivity index (χ4n) is 2.50. The molecule has 0 aliphatic carbocycles. The SMILES string of the molecule is CC(C)(C)c1ncc(-c2cnc(N3CCCC(O)C3)nc2)o1. The van der Waals surface area contributed by atoms with Crippen LogP contribution in [0.1, 0.15) is 39.5 Å². The quantitative estimate of drug-likeness (QED) is 0.918. The molecule has 3 rings (SSSR count). The smallest absolute Gasteiger partial charge is 0.225 e. The molecule has 0 aromatic carbocycles. The molecule has 0 saturated carbocycles. The standard InChI is InChI=1S/C16H22N4O2/c1-16(2,3)14-17-9-13(22-14)11-7-18-15(19-8-11)20-6-4-5-12(21)10-20/h7-9,12,21H,4-6,10H2,1-3H3. The molecule has 6 heteroatoms. The lowest BCUT2D eigenvalue weighted by Crippen LogP contribution is -2.39. The van der Waals surface area contributed by atoms with E-state index in [0.717, 1.165) is 24.9 Å². The van der Waals surface area contributed by atoms with Gasteiger partial charge in [0.25, 0.3) is 0 Å². The number of hydrogen-bond donors (Lipinski definition) is 1. The molecule has 1 aliphatic heterocycles. The van der Waals surface area contributed by atoms with Crippen LogP contribution in [0.5, 0.6) is 0 Å². The maximum atomic E-state index is 9.73. The summed E-state index contributed by atoms with van der Waals surface area (Å²) < 4.78 is 5.79. The molecule has 3 heterocycles. The molecule has 0 amide bonds. The Kier molecular flexibility index (Phi) is 3.87. The van der Waals surface area contributed by atoms with Crippen molar-refractivity contribution >= 4 is 5.95 Å². The van der Waals surface area contributed by atoms with E-state index in [1.807, 2.05) is 4.90 Å². The molecular formula is C16H22N4O2. The number of oxazole rings is 1. The van der Waals surface area contributed by atoms with E-state index in [2.05, 4.69) is 35.7 Å². The van der Waals surface area contributed by atoms with Gasteiger partial charge in [0.15, 0.2) is 11.7 Å². The van der Waals surface area contributed by atoms with Gasteiger partial charge in [0, 0.05) is 30.9 Å². The number of hydrogen-bond acceptors (Lipinski definition) is 6. The van der Waals surface area contributed by atoms with Crippen molar-refractivity contribution in [3.05, 3.63) is 24.5 Å². The van der Waals surface area contributed by atoms with E-state index in [0.29, 0.717) is 24.1 Å². The number of nitrogens with zero attached hydrogens (tertiary/aromatic N) is 4. The van der Waals surface area contributed by atoms with Crippen molar-refractivity contribution in [1.29, 1.82) is 0 Å². The Balaban J connectivity index is 1.78. The molecule has 22 heavy (non-hydrogen) atoms. The zero-order chi connectivity index (χ0) is 15.7. The van der Waals surface area contributed by atoms with Gasteiger partial charge in [-0.3, -0.25) is 0 Å². The van der Waals surface area contributed by atoms with Crippen LogP contribution in [0.3, 0.4) is 0 Å². The minimum atomic E-state index is -0.291. The second-order valence-electron chi connectivity index (χ2n) is 6.79. The summed E-state index contributed by atoms with van der Waals surface area (Å²) in [6.07, 6.45) is 6.72. The molecule has 1 saturated heterocycles. The van der Waals surface area contributed by atoms with Crippen LogP contribution >= 0.6 is 0 Å². The first-order chi connectivity index (χ1) is 10.4. The van der Waals surface area contributed by atoms with E-state index in [1.54, 1.807) is 18.6 Å². The summed E-state index contributed by atoms with van der Waals surface area (Å²) >= 11 is 0. The molecule has 0 spiro atoms. The minimum Gasteiger partial charge on any atom is -0.440 e. The molecule has 1 unspecified atom stereocenters. The van der Waals surface area contributed by atoms with Crippen LogP contribution < -0.4 is 4.90 Å². The van der Waals surface area contributed by atoms with Gasteiger partial charge in [-0.1, -0.05) is 20.8 Å². The predicted molar refractivity (Wildman–Crippen MR) is 83.7 cm³/mol. The number of aromatic nitrogens is 3. The highest BCUT2D eigenvalue weighted by molar-refractivity contribution is 5.54. The van der Waals surface area contributed by atoms with Crippen molar-refractivity contribution in [2.45, 2.75) is 45.1 Å². The van der Waals surface area contributed by atoms with Crippen molar-refractivity contribution < 1.29 is 9.52 Å². The summed E-state index contributed by atoms with van der Waals surface area (Å²) in [6.45, 7) is 7.65. The van der Waals surface area contributed by atoms with Crippen molar-refractivity contribution in [2.75, 3.05) is 18.0 Å². The topological polar surface area (TPSA) is 75.3 Å². The fourth-order valence-corrected chi connectivity index (χ4v) is 2.50. The van der Waals surface area contributed by atoms with Crippen LogP contribution in [0.2, 0.25) is 0 Å². The third-order valence-electron chi connectivity index (χ3n) is 3.75. The molecule has 1 N–H and O–H groups in total. The fraction of sp³-hybridized carbons (Fsp3) is 0.562. The number of β-amino-alcohol motifs (C(OH)–C–C–N with tert-alkyl or cyclic N) is 1. The number of aliphatic hydroxyl groups is 1. The summed E-state index contributed by atoms with van der Waals surface area (Å²) in [4.78, 5) is 15.1. The maximum absolute atomic E-state index is 9.73. The van der Waals surface area contributed by atoms with Gasteiger partial charge in [-0.15, -0.1) is 0 Å². The normalized spacial score (nSPS) is 19.5. The van der Waals surface area contributed by atoms with Crippen LogP contribution in [-0.2, 0) is 5.41 Å². The minimum absolute atomic E-state index is 0.122. The molecule has 1 aliphatic rings. The number of rotatable bonds is 2. The monoisotopic (exact) mass is 302 g/mol. The van der Waals surface area contributed by atoms with Gasteiger partial charge in [0.05, 0.1) is 17.9 Å². The van der Waals surface area contributed by atoms with Crippen LogP contribution in [0.15, 0.2) is 23.0 Å². The van der Waals surface area contributed by atoms with E-state index in [-0.39, 0.29) is 11.5 Å². The molecule has 0 bridgehead atoms. The van der Waals surface area contributed by atoms with E-state index in [9.17, 15) is 5.11 Å². The lowest BCUT2D eigenvalue weighted by molar-refractivity contribution is 0.153. The van der Waals surface area contributed by atoms with E-state index in [1.165, 1.54) is 0 Å². The lowest BCUT2D eigenvalue weighted by atomic mass is 9.97. The molecule has 2 aromatic rings. The van der Waals surface area contributed by atoms with E-state index in [4.69, 9.17) is 4.42 Å². The Hall–Kier alpha value is -1.95. The maximum Gasteiger partial charge on any atom is 0.225 e. The summed E-state index contributed by atoms with van der Waals surface area (Å²) in [5.41, 5.74) is 0.688. The van der Waals surface area contributed by atoms with E-state index < -0.39 is 0 Å². The zero-order valence-corrected chi connectivity index (χ0v) is 13.3. The highest BCUT2D eigenvalue weighted by Gasteiger charge is 2.22. The highest BCUT2D eigenvalue weighted by atomic mass is 16.4. The number of anilines is 1. The second-order valence-corrected chi connectivity index (χ2v) is 6.79. The summed E-state index contributed by atoms with van der Waals surface area (Å²) in [7, 11) is 0. The Labute approximate surface area is 130 Å². The number of piperidine rings is 1. The van der Waals surface area contributed by atoms with Crippen LogP contribution in [-0.4, -0.2) is 39.3 Å². The molecule has 6 nitrogen and oxygen atoms in total. The predicted octanol–water partition coefficient (Wildman–Crippen LogP) is 2.39. The largest absolute Gasteiger partial charge is 0.440 e.